The monoisotopic (exact) mass is 625 g/mol. The summed E-state index contributed by atoms with van der Waals surface area (Å²) >= 11 is 0. The van der Waals surface area contributed by atoms with E-state index in [1.165, 1.54) is 49.0 Å². The molecule has 228 valence electrons. The number of para-hydroxylation sites is 2. The van der Waals surface area contributed by atoms with Crippen LogP contribution in [0.25, 0.3) is 99.3 Å². The molecular weight excluding hydrogens is 599 g/mol. The van der Waals surface area contributed by atoms with Crippen LogP contribution in [0.4, 0.5) is 0 Å². The second kappa shape index (κ2) is 9.93. The zero-order valence-corrected chi connectivity index (χ0v) is 26.3. The van der Waals surface area contributed by atoms with E-state index in [2.05, 4.69) is 155 Å². The number of aromatic nitrogens is 3. The highest BCUT2D eigenvalue weighted by molar-refractivity contribution is 6.25. The summed E-state index contributed by atoms with van der Waals surface area (Å²) in [5.41, 5.74) is 10.4. The van der Waals surface area contributed by atoms with Crippen molar-refractivity contribution < 1.29 is 4.42 Å². The van der Waals surface area contributed by atoms with Crippen molar-refractivity contribution in [3.63, 3.8) is 0 Å². The average molecular weight is 626 g/mol. The molecule has 4 nitrogen and oxygen atoms in total. The van der Waals surface area contributed by atoms with Crippen molar-refractivity contribution >= 4 is 71.3 Å². The number of hydrogen-bond donors (Lipinski definition) is 0. The van der Waals surface area contributed by atoms with Gasteiger partial charge in [0.05, 0.1) is 11.0 Å². The molecule has 0 spiro atoms. The highest BCUT2D eigenvalue weighted by Gasteiger charge is 2.22. The van der Waals surface area contributed by atoms with Gasteiger partial charge in [0.25, 0.3) is 0 Å². The Labute approximate surface area is 280 Å². The highest BCUT2D eigenvalue weighted by Crippen LogP contribution is 2.39. The maximum Gasteiger partial charge on any atom is 0.248 e. The van der Waals surface area contributed by atoms with Crippen LogP contribution in [0.3, 0.4) is 0 Å². The van der Waals surface area contributed by atoms with Crippen LogP contribution in [0.1, 0.15) is 0 Å². The SMILES string of the molecule is c1ccc(-n2c3cc(-c4cccc(-c5ccc6c7ccccc7c7ccccc7c6c5)c4)ccc3n3c4c(nc23)oc2ccccc24)cc1. The van der Waals surface area contributed by atoms with Gasteiger partial charge in [-0.1, -0.05) is 115 Å². The fourth-order valence-corrected chi connectivity index (χ4v) is 7.91. The van der Waals surface area contributed by atoms with E-state index in [4.69, 9.17) is 9.40 Å². The third-order valence-corrected chi connectivity index (χ3v) is 10.1. The predicted molar refractivity (Wildman–Crippen MR) is 203 cm³/mol. The van der Waals surface area contributed by atoms with Gasteiger partial charge in [-0.3, -0.25) is 8.97 Å². The maximum atomic E-state index is 6.21. The highest BCUT2D eigenvalue weighted by atomic mass is 16.3. The van der Waals surface area contributed by atoms with E-state index in [0.717, 1.165) is 44.5 Å². The summed E-state index contributed by atoms with van der Waals surface area (Å²) in [4.78, 5) is 5.05. The lowest BCUT2D eigenvalue weighted by molar-refractivity contribution is 0.656. The molecule has 0 atom stereocenters. The average Bonchev–Trinajstić information content (AvgIpc) is 3.81. The van der Waals surface area contributed by atoms with Crippen LogP contribution in [0, 0.1) is 0 Å². The van der Waals surface area contributed by atoms with Gasteiger partial charge in [-0.15, -0.1) is 0 Å². The fourth-order valence-electron chi connectivity index (χ4n) is 7.91. The summed E-state index contributed by atoms with van der Waals surface area (Å²) in [5, 5.41) is 8.78. The van der Waals surface area contributed by atoms with Gasteiger partial charge in [0.15, 0.2) is 0 Å². The van der Waals surface area contributed by atoms with Gasteiger partial charge in [-0.2, -0.15) is 4.98 Å². The molecule has 0 aliphatic carbocycles. The molecule has 0 unspecified atom stereocenters. The van der Waals surface area contributed by atoms with Gasteiger partial charge in [0.2, 0.25) is 11.5 Å². The number of benzene rings is 8. The summed E-state index contributed by atoms with van der Waals surface area (Å²) in [5.74, 6) is 0.836. The van der Waals surface area contributed by atoms with Crippen LogP contribution in [0.5, 0.6) is 0 Å². The smallest absolute Gasteiger partial charge is 0.248 e. The Hall–Kier alpha value is -6.65. The van der Waals surface area contributed by atoms with E-state index in [-0.39, 0.29) is 0 Å². The molecule has 0 saturated carbocycles. The Morgan fingerprint density at radius 2 is 0.980 bits per heavy atom. The van der Waals surface area contributed by atoms with E-state index in [1.54, 1.807) is 0 Å². The molecule has 0 amide bonds. The van der Waals surface area contributed by atoms with Crippen molar-refractivity contribution in [2.75, 3.05) is 0 Å². The molecule has 0 bridgehead atoms. The molecule has 0 N–H and O–H groups in total. The van der Waals surface area contributed by atoms with Crippen LogP contribution in [0.15, 0.2) is 168 Å². The second-order valence-corrected chi connectivity index (χ2v) is 12.8. The lowest BCUT2D eigenvalue weighted by atomic mass is 9.91. The molecule has 3 heterocycles. The second-order valence-electron chi connectivity index (χ2n) is 12.8. The number of nitrogens with zero attached hydrogens (tertiary/aromatic N) is 3. The van der Waals surface area contributed by atoms with Crippen LogP contribution < -0.4 is 0 Å². The summed E-state index contributed by atoms with van der Waals surface area (Å²) in [6.07, 6.45) is 0. The van der Waals surface area contributed by atoms with Crippen LogP contribution in [0.2, 0.25) is 0 Å². The van der Waals surface area contributed by atoms with Gasteiger partial charge in [0.1, 0.15) is 11.1 Å². The van der Waals surface area contributed by atoms with Crippen LogP contribution in [-0.2, 0) is 0 Å². The first-order valence-electron chi connectivity index (χ1n) is 16.6. The third kappa shape index (κ3) is 3.77. The molecule has 0 radical (unpaired) electrons. The van der Waals surface area contributed by atoms with Crippen molar-refractivity contribution in [2.45, 2.75) is 0 Å². The normalized spacial score (nSPS) is 12.1. The molecule has 0 fully saturated rings. The van der Waals surface area contributed by atoms with Crippen LogP contribution >= 0.6 is 0 Å². The minimum absolute atomic E-state index is 0.649. The summed E-state index contributed by atoms with van der Waals surface area (Å²) < 4.78 is 10.7. The Morgan fingerprint density at radius 1 is 0.408 bits per heavy atom. The van der Waals surface area contributed by atoms with Gasteiger partial charge in [-0.05, 0) is 103 Å². The number of imidazole rings is 2. The molecule has 11 aromatic rings. The van der Waals surface area contributed by atoms with E-state index in [9.17, 15) is 0 Å². The van der Waals surface area contributed by atoms with E-state index in [0.29, 0.717) is 5.71 Å². The molecule has 0 saturated heterocycles. The van der Waals surface area contributed by atoms with Crippen molar-refractivity contribution in [3.05, 3.63) is 164 Å². The Morgan fingerprint density at radius 3 is 1.71 bits per heavy atom. The quantitative estimate of drug-likeness (QED) is 0.183. The lowest BCUT2D eigenvalue weighted by Crippen LogP contribution is -1.94. The molecule has 0 aliphatic heterocycles. The first kappa shape index (κ1) is 26.4. The molecule has 8 aromatic carbocycles. The van der Waals surface area contributed by atoms with Gasteiger partial charge in [-0.25, -0.2) is 0 Å². The minimum Gasteiger partial charge on any atom is -0.436 e. The van der Waals surface area contributed by atoms with Gasteiger partial charge >= 0.3 is 0 Å². The minimum atomic E-state index is 0.649. The summed E-state index contributed by atoms with van der Waals surface area (Å²) in [6.45, 7) is 0. The Bertz CT molecular complexity index is 3070. The van der Waals surface area contributed by atoms with Crippen molar-refractivity contribution in [1.29, 1.82) is 0 Å². The molecule has 3 aromatic heterocycles. The van der Waals surface area contributed by atoms with Crippen molar-refractivity contribution in [2.24, 2.45) is 0 Å². The molecule has 49 heavy (non-hydrogen) atoms. The topological polar surface area (TPSA) is 35.4 Å². The Kier molecular flexibility index (Phi) is 5.35. The number of fused-ring (bicyclic) bond motifs is 13. The molecule has 0 aliphatic rings. The zero-order valence-electron chi connectivity index (χ0n) is 26.3. The number of rotatable bonds is 3. The van der Waals surface area contributed by atoms with E-state index >= 15 is 0 Å². The van der Waals surface area contributed by atoms with Crippen molar-refractivity contribution in [3.8, 4) is 27.9 Å². The van der Waals surface area contributed by atoms with Gasteiger partial charge in [0, 0.05) is 11.1 Å². The summed E-state index contributed by atoms with van der Waals surface area (Å²) in [7, 11) is 0. The fraction of sp³-hybridized carbons (Fsp3) is 0. The largest absolute Gasteiger partial charge is 0.436 e. The Balaban J connectivity index is 1.11. The third-order valence-electron chi connectivity index (χ3n) is 10.1. The molecular formula is C45H27N3O. The molecule has 11 rings (SSSR count). The lowest BCUT2D eigenvalue weighted by Gasteiger charge is -2.13. The van der Waals surface area contributed by atoms with Crippen LogP contribution in [-0.4, -0.2) is 14.0 Å². The number of furan rings is 1. The first-order valence-corrected chi connectivity index (χ1v) is 16.6. The maximum absolute atomic E-state index is 6.21. The molecule has 4 heteroatoms. The van der Waals surface area contributed by atoms with Crippen molar-refractivity contribution in [1.82, 2.24) is 14.0 Å². The zero-order chi connectivity index (χ0) is 32.1. The van der Waals surface area contributed by atoms with Gasteiger partial charge < -0.3 is 4.42 Å². The first-order chi connectivity index (χ1) is 24.3. The predicted octanol–water partition coefficient (Wildman–Crippen LogP) is 12.0. The summed E-state index contributed by atoms with van der Waals surface area (Å²) in [6, 6.07) is 58.7. The number of hydrogen-bond acceptors (Lipinski definition) is 2. The van der Waals surface area contributed by atoms with E-state index < -0.39 is 0 Å². The van der Waals surface area contributed by atoms with E-state index in [1.807, 2.05) is 18.2 Å². The standard InChI is InChI=1S/C45H27N3O/c1-2-13-32(14-3-1)47-41-27-31(22-24-40(41)48-43-38-19-8-9-20-42(38)49-44(43)46-45(47)48)29-12-10-11-28(25-29)30-21-23-37-35-17-5-4-15-33(35)34-16-6-7-18-36(34)39(37)26-30/h1-27H.